The summed E-state index contributed by atoms with van der Waals surface area (Å²) in [5.74, 6) is -2.23. The number of aliphatic hydroxyl groups is 2. The van der Waals surface area contributed by atoms with E-state index >= 15 is 0 Å². The van der Waals surface area contributed by atoms with Crippen molar-refractivity contribution in [1.82, 2.24) is 0 Å². The van der Waals surface area contributed by atoms with Crippen LogP contribution in [0.4, 0.5) is 0 Å². The van der Waals surface area contributed by atoms with Crippen molar-refractivity contribution in [2.75, 3.05) is 7.11 Å². The number of carboxylic acid groups (broad SMARTS) is 1. The lowest BCUT2D eigenvalue weighted by Crippen LogP contribution is -2.67. The van der Waals surface area contributed by atoms with Gasteiger partial charge in [0.1, 0.15) is 5.76 Å². The molecule has 3 N–H and O–H groups in total. The highest BCUT2D eigenvalue weighted by Gasteiger charge is 2.71. The van der Waals surface area contributed by atoms with Gasteiger partial charge >= 0.3 is 17.9 Å². The highest BCUT2D eigenvalue weighted by atomic mass is 16.6. The summed E-state index contributed by atoms with van der Waals surface area (Å²) in [5.41, 5.74) is 0.0824. The first-order chi connectivity index (χ1) is 16.6. The topological polar surface area (TPSA) is 149 Å². The summed E-state index contributed by atoms with van der Waals surface area (Å²) in [5, 5.41) is 31.1. The number of carbonyl (C=O) groups excluding carboxylic acids is 2. The Morgan fingerprint density at radius 2 is 2.06 bits per heavy atom. The monoisotopic (exact) mass is 488 g/mol. The molecule has 1 aromatic carbocycles. The van der Waals surface area contributed by atoms with E-state index in [0.717, 1.165) is 37.3 Å². The van der Waals surface area contributed by atoms with Crippen molar-refractivity contribution in [1.29, 1.82) is 0 Å². The largest absolute Gasteiger partial charge is 0.493 e. The molecule has 0 amide bonds. The van der Waals surface area contributed by atoms with Crippen molar-refractivity contribution < 1.29 is 48.7 Å². The minimum absolute atomic E-state index is 0.0271. The number of hydrogen-bond acceptors (Lipinski definition) is 9. The molecule has 3 aliphatic carbocycles. The zero-order valence-electron chi connectivity index (χ0n) is 19.5. The number of methoxy groups -OCH3 is 1. The number of benzene rings is 1. The summed E-state index contributed by atoms with van der Waals surface area (Å²) >= 11 is 0. The van der Waals surface area contributed by atoms with E-state index in [0.29, 0.717) is 17.9 Å². The van der Waals surface area contributed by atoms with Crippen LogP contribution in [0, 0.1) is 5.92 Å². The van der Waals surface area contributed by atoms with E-state index in [1.165, 1.54) is 7.11 Å². The van der Waals surface area contributed by atoms with E-state index < -0.39 is 53.7 Å². The van der Waals surface area contributed by atoms with Crippen LogP contribution in [0.2, 0.25) is 0 Å². The van der Waals surface area contributed by atoms with E-state index in [1.54, 1.807) is 6.08 Å². The lowest BCUT2D eigenvalue weighted by molar-refractivity contribution is -0.170. The maximum Gasteiger partial charge on any atom is 0.344 e. The first-order valence-corrected chi connectivity index (χ1v) is 11.7. The number of rotatable bonds is 7. The average molecular weight is 488 g/mol. The van der Waals surface area contributed by atoms with E-state index in [4.69, 9.17) is 19.3 Å². The van der Waals surface area contributed by atoms with Crippen LogP contribution < -0.4 is 9.47 Å². The zero-order chi connectivity index (χ0) is 25.1. The third-order valence-corrected chi connectivity index (χ3v) is 7.97. The third-order valence-electron chi connectivity index (χ3n) is 7.97. The van der Waals surface area contributed by atoms with Crippen molar-refractivity contribution >= 4 is 17.9 Å². The van der Waals surface area contributed by atoms with Gasteiger partial charge in [0.05, 0.1) is 24.5 Å². The summed E-state index contributed by atoms with van der Waals surface area (Å²) < 4.78 is 22.1. The Morgan fingerprint density at radius 1 is 1.29 bits per heavy atom. The minimum Gasteiger partial charge on any atom is -0.493 e. The van der Waals surface area contributed by atoms with Gasteiger partial charge in [-0.3, -0.25) is 4.79 Å². The maximum absolute atomic E-state index is 12.7. The molecule has 1 fully saturated rings. The van der Waals surface area contributed by atoms with Gasteiger partial charge in [0.25, 0.3) is 0 Å². The van der Waals surface area contributed by atoms with Crippen molar-refractivity contribution in [2.45, 2.75) is 74.8 Å². The van der Waals surface area contributed by atoms with Gasteiger partial charge in [0.15, 0.2) is 29.8 Å². The average Bonchev–Trinajstić information content (AvgIpc) is 3.15. The second kappa shape index (κ2) is 8.23. The number of hydrogen-bond donors (Lipinski definition) is 3. The second-order valence-corrected chi connectivity index (χ2v) is 9.74. The molecule has 1 aromatic rings. The van der Waals surface area contributed by atoms with E-state index in [1.807, 2.05) is 12.1 Å². The van der Waals surface area contributed by atoms with E-state index in [-0.39, 0.29) is 18.1 Å². The molecule has 10 heteroatoms. The van der Waals surface area contributed by atoms with Crippen LogP contribution in [-0.4, -0.2) is 64.3 Å². The second-order valence-electron chi connectivity index (χ2n) is 9.74. The van der Waals surface area contributed by atoms with E-state index in [9.17, 15) is 24.6 Å². The number of ether oxygens (including phenoxy) is 4. The number of esters is 2. The van der Waals surface area contributed by atoms with Gasteiger partial charge in [0, 0.05) is 5.56 Å². The van der Waals surface area contributed by atoms with Gasteiger partial charge < -0.3 is 34.3 Å². The van der Waals surface area contributed by atoms with Gasteiger partial charge in [-0.25, -0.2) is 9.59 Å². The summed E-state index contributed by atoms with van der Waals surface area (Å²) in [7, 11) is 1.54. The number of aliphatic hydroxyl groups excluding tert-OH is 1. The Labute approximate surface area is 201 Å². The van der Waals surface area contributed by atoms with Crippen LogP contribution in [0.15, 0.2) is 24.0 Å². The van der Waals surface area contributed by atoms with Crippen molar-refractivity contribution in [3.05, 3.63) is 35.1 Å². The number of aliphatic carboxylic acids is 1. The quantitative estimate of drug-likeness (QED) is 0.481. The maximum atomic E-state index is 12.7. The van der Waals surface area contributed by atoms with Crippen LogP contribution in [0.25, 0.3) is 0 Å². The zero-order valence-corrected chi connectivity index (χ0v) is 19.5. The standard InChI is InChI=1S/C25H28O10/c1-12(22(28)29)33-18(27)11-15(26)23(30)34-17-7-9-25(31)14-4-3-8-24(25)19-13(10-14)5-6-16(32-2)20(19)35-21(17)24/h5-7,12,14-15,21,26,31H,3-4,8-11H2,1-2H3,(H,28,29)/t12-,14-,15-,21+,24+,25-/m0/s1. The predicted octanol–water partition coefficient (Wildman–Crippen LogP) is 1.38. The Kier molecular flexibility index (Phi) is 5.56. The number of carboxylic acids is 1. The molecule has 1 spiro atoms. The molecule has 1 heterocycles. The molecule has 5 rings (SSSR count). The normalized spacial score (nSPS) is 31.3. The lowest BCUT2D eigenvalue weighted by atomic mass is 9.47. The molecular weight excluding hydrogens is 460 g/mol. The molecule has 0 saturated heterocycles. The Hall–Kier alpha value is -3.11. The van der Waals surface area contributed by atoms with Crippen LogP contribution in [0.3, 0.4) is 0 Å². The highest BCUT2D eigenvalue weighted by molar-refractivity contribution is 5.84. The molecule has 1 saturated carbocycles. The minimum atomic E-state index is -1.86. The Balaban J connectivity index is 1.42. The fourth-order valence-electron chi connectivity index (χ4n) is 6.40. The molecule has 10 nitrogen and oxygen atoms in total. The van der Waals surface area contributed by atoms with Crippen molar-refractivity contribution in [2.24, 2.45) is 5.92 Å². The molecule has 0 radical (unpaired) electrons. The summed E-state index contributed by atoms with van der Waals surface area (Å²) in [4.78, 5) is 35.4. The predicted molar refractivity (Wildman–Crippen MR) is 118 cm³/mol. The van der Waals surface area contributed by atoms with Gasteiger partial charge in [-0.1, -0.05) is 12.5 Å². The molecule has 4 aliphatic rings. The van der Waals surface area contributed by atoms with Gasteiger partial charge in [-0.05, 0) is 56.2 Å². The molecular formula is C25H28O10. The molecule has 0 aromatic heterocycles. The third kappa shape index (κ3) is 3.34. The Bertz CT molecular complexity index is 1130. The summed E-state index contributed by atoms with van der Waals surface area (Å²) in [6.07, 6.45) is 0.156. The molecule has 2 bridgehead atoms. The van der Waals surface area contributed by atoms with Gasteiger partial charge in [-0.2, -0.15) is 0 Å². The van der Waals surface area contributed by atoms with Crippen LogP contribution in [-0.2, 0) is 35.7 Å². The first kappa shape index (κ1) is 23.6. The van der Waals surface area contributed by atoms with Gasteiger partial charge in [0.2, 0.25) is 0 Å². The van der Waals surface area contributed by atoms with E-state index in [2.05, 4.69) is 4.74 Å². The number of carbonyl (C=O) groups is 3. The highest BCUT2D eigenvalue weighted by Crippen LogP contribution is 2.67. The summed E-state index contributed by atoms with van der Waals surface area (Å²) in [6, 6.07) is 3.84. The van der Waals surface area contributed by atoms with Crippen molar-refractivity contribution in [3.8, 4) is 11.5 Å². The summed E-state index contributed by atoms with van der Waals surface area (Å²) in [6.45, 7) is 1.16. The lowest BCUT2D eigenvalue weighted by Gasteiger charge is -2.59. The molecule has 6 atom stereocenters. The van der Waals surface area contributed by atoms with Crippen LogP contribution >= 0.6 is 0 Å². The van der Waals surface area contributed by atoms with Crippen LogP contribution in [0.5, 0.6) is 11.5 Å². The van der Waals surface area contributed by atoms with Crippen molar-refractivity contribution in [3.63, 3.8) is 0 Å². The molecule has 35 heavy (non-hydrogen) atoms. The Morgan fingerprint density at radius 3 is 2.77 bits per heavy atom. The van der Waals surface area contributed by atoms with Crippen LogP contribution in [0.1, 0.15) is 50.2 Å². The first-order valence-electron chi connectivity index (χ1n) is 11.7. The molecule has 188 valence electrons. The molecule has 0 unspecified atom stereocenters. The molecule has 1 aliphatic heterocycles. The smallest absolute Gasteiger partial charge is 0.344 e. The van der Waals surface area contributed by atoms with Gasteiger partial charge in [-0.15, -0.1) is 0 Å². The SMILES string of the molecule is COc1ccc2c3c1O[C@@H]1C(OC(=O)[C@@H](O)CC(=O)O[C@@H](C)C(=O)O)=CC[C@]4(O)[C@@H](CCC[C@@]314)C2. The fraction of sp³-hybridized carbons (Fsp3) is 0.560. The fourth-order valence-corrected chi connectivity index (χ4v) is 6.40.